The Labute approximate surface area is 161 Å². The summed E-state index contributed by atoms with van der Waals surface area (Å²) in [6, 6.07) is 6.14. The van der Waals surface area contributed by atoms with Crippen LogP contribution in [0.5, 0.6) is 0 Å². The van der Waals surface area contributed by atoms with Gasteiger partial charge < -0.3 is 15.1 Å². The van der Waals surface area contributed by atoms with Crippen molar-refractivity contribution in [3.8, 4) is 0 Å². The highest BCUT2D eigenvalue weighted by Gasteiger charge is 2.35. The molecule has 2 saturated heterocycles. The van der Waals surface area contributed by atoms with Gasteiger partial charge in [-0.15, -0.1) is 0 Å². The van der Waals surface area contributed by atoms with E-state index in [0.717, 1.165) is 23.6 Å². The Bertz CT molecular complexity index is 898. The minimum atomic E-state index is -0.376. The minimum absolute atomic E-state index is 0.0478. The smallest absolute Gasteiger partial charge is 0.324 e. The summed E-state index contributed by atoms with van der Waals surface area (Å²) in [5, 5.41) is 9.62. The largest absolute Gasteiger partial charge is 0.331 e. The molecule has 1 aromatic heterocycles. The van der Waals surface area contributed by atoms with Crippen molar-refractivity contribution in [1.29, 1.82) is 0 Å². The molecule has 10 heteroatoms. The molecule has 10 nitrogen and oxygen atoms in total. The Hall–Kier alpha value is -3.43. The van der Waals surface area contributed by atoms with Gasteiger partial charge in [0.25, 0.3) is 5.91 Å². The van der Waals surface area contributed by atoms with E-state index >= 15 is 0 Å². The van der Waals surface area contributed by atoms with Gasteiger partial charge in [-0.05, 0) is 31.0 Å². The zero-order valence-electron chi connectivity index (χ0n) is 15.5. The van der Waals surface area contributed by atoms with Crippen LogP contribution in [0.3, 0.4) is 0 Å². The van der Waals surface area contributed by atoms with E-state index < -0.39 is 0 Å². The molecule has 2 N–H and O–H groups in total. The molecule has 0 bridgehead atoms. The zero-order valence-corrected chi connectivity index (χ0v) is 15.5. The maximum absolute atomic E-state index is 12.7. The highest BCUT2D eigenvalue weighted by molar-refractivity contribution is 6.19. The number of aromatic nitrogens is 3. The van der Waals surface area contributed by atoms with Gasteiger partial charge in [0.15, 0.2) is 0 Å². The molecular formula is C18H21N7O3. The third-order valence-electron chi connectivity index (χ3n) is 5.02. The number of nitrogens with one attached hydrogen (secondary N) is 2. The van der Waals surface area contributed by atoms with Crippen LogP contribution >= 0.6 is 0 Å². The summed E-state index contributed by atoms with van der Waals surface area (Å²) in [6.07, 6.45) is 3.29. The number of likely N-dealkylation sites (N-methyl/N-ethyl adjacent to an activating group) is 1. The molecule has 2 aliphatic heterocycles. The first-order valence-corrected chi connectivity index (χ1v) is 9.12. The highest BCUT2D eigenvalue weighted by Crippen LogP contribution is 2.26. The molecule has 1 aromatic carbocycles. The van der Waals surface area contributed by atoms with Gasteiger partial charge in [0, 0.05) is 31.7 Å². The molecule has 1 unspecified atom stereocenters. The van der Waals surface area contributed by atoms with Crippen LogP contribution < -0.4 is 10.2 Å². The summed E-state index contributed by atoms with van der Waals surface area (Å²) in [7, 11) is 1.58. The van der Waals surface area contributed by atoms with E-state index in [1.54, 1.807) is 36.2 Å². The fourth-order valence-corrected chi connectivity index (χ4v) is 3.59. The average Bonchev–Trinajstić information content (AvgIpc) is 3.31. The molecule has 146 valence electrons. The number of aromatic amines is 1. The number of H-pyrrole nitrogens is 1. The van der Waals surface area contributed by atoms with Gasteiger partial charge in [-0.2, -0.15) is 5.10 Å². The third-order valence-corrected chi connectivity index (χ3v) is 5.02. The number of carbonyl (C=O) groups excluding carboxylic acids is 3. The summed E-state index contributed by atoms with van der Waals surface area (Å²) >= 11 is 0. The lowest BCUT2D eigenvalue weighted by Gasteiger charge is -2.31. The zero-order chi connectivity index (χ0) is 19.7. The molecule has 3 heterocycles. The molecule has 0 aliphatic carbocycles. The fraction of sp³-hybridized carbons (Fsp3) is 0.389. The molecule has 2 aliphatic rings. The summed E-state index contributed by atoms with van der Waals surface area (Å²) in [4.78, 5) is 45.4. The molecule has 0 spiro atoms. The number of nitrogens with zero attached hydrogens (tertiary/aromatic N) is 5. The lowest BCUT2D eigenvalue weighted by molar-refractivity contribution is -0.116. The normalized spacial score (nSPS) is 20.0. The van der Waals surface area contributed by atoms with Crippen LogP contribution in [0.1, 0.15) is 24.6 Å². The standard InChI is InChI=1S/C18H21N7O3/c1-23-10-15(26)25(18(23)28)14-6-2-5-13(8-14)21-17(27)24-7-3-4-12(9-24)16-19-11-20-22-16/h2,5-6,8,11-12H,3-4,7,9-10H2,1H3,(H,21,27)(H,19,20,22). The lowest BCUT2D eigenvalue weighted by Crippen LogP contribution is -2.41. The van der Waals surface area contributed by atoms with Crippen LogP contribution in [0.2, 0.25) is 0 Å². The predicted molar refractivity (Wildman–Crippen MR) is 101 cm³/mol. The van der Waals surface area contributed by atoms with E-state index in [9.17, 15) is 14.4 Å². The number of urea groups is 2. The van der Waals surface area contributed by atoms with Gasteiger partial charge in [-0.3, -0.25) is 9.89 Å². The van der Waals surface area contributed by atoms with E-state index in [4.69, 9.17) is 0 Å². The van der Waals surface area contributed by atoms with Gasteiger partial charge in [0.05, 0.1) is 5.69 Å². The number of piperidine rings is 1. The SMILES string of the molecule is CN1CC(=O)N(c2cccc(NC(=O)N3CCCC(c4ncn[nH]4)C3)c2)C1=O. The quantitative estimate of drug-likeness (QED) is 0.782. The monoisotopic (exact) mass is 383 g/mol. The maximum atomic E-state index is 12.7. The Morgan fingerprint density at radius 3 is 2.89 bits per heavy atom. The van der Waals surface area contributed by atoms with Gasteiger partial charge >= 0.3 is 12.1 Å². The molecule has 0 radical (unpaired) electrons. The first-order valence-electron chi connectivity index (χ1n) is 9.12. The van der Waals surface area contributed by atoms with Crippen molar-refractivity contribution in [3.05, 3.63) is 36.4 Å². The summed E-state index contributed by atoms with van der Waals surface area (Å²) in [5.74, 6) is 0.625. The number of amides is 5. The number of carbonyl (C=O) groups is 3. The number of benzene rings is 1. The van der Waals surface area contributed by atoms with E-state index in [2.05, 4.69) is 20.5 Å². The second-order valence-corrected chi connectivity index (χ2v) is 7.00. The van der Waals surface area contributed by atoms with Crippen molar-refractivity contribution >= 4 is 29.3 Å². The van der Waals surface area contributed by atoms with E-state index in [0.29, 0.717) is 24.5 Å². The summed E-state index contributed by atoms with van der Waals surface area (Å²) in [6.45, 7) is 1.25. The molecule has 5 amide bonds. The topological polar surface area (TPSA) is 115 Å². The van der Waals surface area contributed by atoms with Crippen LogP contribution in [0.4, 0.5) is 21.0 Å². The van der Waals surface area contributed by atoms with E-state index in [-0.39, 0.29) is 30.4 Å². The number of hydrogen-bond acceptors (Lipinski definition) is 5. The van der Waals surface area contributed by atoms with Crippen molar-refractivity contribution in [3.63, 3.8) is 0 Å². The van der Waals surface area contributed by atoms with Crippen molar-refractivity contribution in [1.82, 2.24) is 25.0 Å². The number of rotatable bonds is 3. The van der Waals surface area contributed by atoms with E-state index in [1.807, 2.05) is 0 Å². The van der Waals surface area contributed by atoms with Crippen LogP contribution in [0, 0.1) is 0 Å². The van der Waals surface area contributed by atoms with E-state index in [1.165, 1.54) is 11.2 Å². The lowest BCUT2D eigenvalue weighted by atomic mass is 9.98. The maximum Gasteiger partial charge on any atom is 0.331 e. The number of imide groups is 1. The van der Waals surface area contributed by atoms with Crippen molar-refractivity contribution in [2.24, 2.45) is 0 Å². The Balaban J connectivity index is 1.45. The molecule has 0 saturated carbocycles. The Kier molecular flexibility index (Phi) is 4.68. The highest BCUT2D eigenvalue weighted by atomic mass is 16.2. The van der Waals surface area contributed by atoms with Crippen LogP contribution in [0.25, 0.3) is 0 Å². The van der Waals surface area contributed by atoms with Crippen LogP contribution in [-0.2, 0) is 4.79 Å². The third kappa shape index (κ3) is 3.40. The summed E-state index contributed by atoms with van der Waals surface area (Å²) in [5.41, 5.74) is 0.967. The minimum Gasteiger partial charge on any atom is -0.324 e. The van der Waals surface area contributed by atoms with Crippen molar-refractivity contribution < 1.29 is 14.4 Å². The molecular weight excluding hydrogens is 362 g/mol. The van der Waals surface area contributed by atoms with Crippen molar-refractivity contribution in [2.45, 2.75) is 18.8 Å². The number of hydrogen-bond donors (Lipinski definition) is 2. The van der Waals surface area contributed by atoms with Crippen molar-refractivity contribution in [2.75, 3.05) is 36.9 Å². The predicted octanol–water partition coefficient (Wildman–Crippen LogP) is 1.61. The molecule has 28 heavy (non-hydrogen) atoms. The number of anilines is 2. The second-order valence-electron chi connectivity index (χ2n) is 7.00. The average molecular weight is 383 g/mol. The first kappa shape index (κ1) is 18.0. The van der Waals surface area contributed by atoms with Gasteiger partial charge in [0.1, 0.15) is 18.7 Å². The van der Waals surface area contributed by atoms with Gasteiger partial charge in [0.2, 0.25) is 0 Å². The second kappa shape index (κ2) is 7.29. The van der Waals surface area contributed by atoms with Gasteiger partial charge in [-0.25, -0.2) is 19.5 Å². The molecule has 1 atom stereocenters. The van der Waals surface area contributed by atoms with Gasteiger partial charge in [-0.1, -0.05) is 6.07 Å². The molecule has 2 aromatic rings. The molecule has 4 rings (SSSR count). The van der Waals surface area contributed by atoms with Crippen LogP contribution in [-0.4, -0.2) is 69.6 Å². The summed E-state index contributed by atoms with van der Waals surface area (Å²) < 4.78 is 0. The van der Waals surface area contributed by atoms with Crippen LogP contribution in [0.15, 0.2) is 30.6 Å². The fourth-order valence-electron chi connectivity index (χ4n) is 3.59. The number of likely N-dealkylation sites (tertiary alicyclic amines) is 1. The first-order chi connectivity index (χ1) is 13.5. The Morgan fingerprint density at radius 2 is 2.18 bits per heavy atom. The molecule has 2 fully saturated rings. The Morgan fingerprint density at radius 1 is 1.32 bits per heavy atom.